The van der Waals surface area contributed by atoms with Crippen molar-refractivity contribution in [1.82, 2.24) is 0 Å². The van der Waals surface area contributed by atoms with Gasteiger partial charge in [-0.05, 0) is 66.8 Å². The number of halogens is 2. The van der Waals surface area contributed by atoms with Crippen LogP contribution in [0.1, 0.15) is 31.9 Å². The second kappa shape index (κ2) is 8.55. The Labute approximate surface area is 168 Å². The van der Waals surface area contributed by atoms with Gasteiger partial charge >= 0.3 is 0 Å². The van der Waals surface area contributed by atoms with Crippen molar-refractivity contribution in [3.8, 4) is 0 Å². The third-order valence-corrected chi connectivity index (χ3v) is 6.97. The first-order chi connectivity index (χ1) is 12.2. The number of carbonyl (C=O) groups is 1. The van der Waals surface area contributed by atoms with Crippen LogP contribution >= 0.6 is 27.5 Å². The van der Waals surface area contributed by atoms with Gasteiger partial charge in [0.05, 0.1) is 10.6 Å². The summed E-state index contributed by atoms with van der Waals surface area (Å²) in [5.74, 6) is 0. The van der Waals surface area contributed by atoms with Crippen LogP contribution in [0.4, 0.5) is 5.69 Å². The van der Waals surface area contributed by atoms with Crippen LogP contribution in [0.15, 0.2) is 51.8 Å². The summed E-state index contributed by atoms with van der Waals surface area (Å²) in [7, 11) is -3.97. The van der Waals surface area contributed by atoms with Gasteiger partial charge in [0.1, 0.15) is 6.04 Å². The SMILES string of the molecule is CCc1cccc(CC)c1N(C(C)C(=O)Cl)S(=O)(=O)c1ccc(Br)cc1. The second-order valence-corrected chi connectivity index (χ2v) is 8.97. The average Bonchev–Trinajstić information content (AvgIpc) is 2.61. The normalized spacial score (nSPS) is 12.7. The molecule has 0 saturated carbocycles. The van der Waals surface area contributed by atoms with E-state index in [0.717, 1.165) is 15.6 Å². The molecule has 0 bridgehead atoms. The van der Waals surface area contributed by atoms with Gasteiger partial charge in [0.2, 0.25) is 5.24 Å². The lowest BCUT2D eigenvalue weighted by molar-refractivity contribution is -0.112. The first kappa shape index (κ1) is 20.9. The molecule has 0 aliphatic heterocycles. The Morgan fingerprint density at radius 2 is 1.58 bits per heavy atom. The number of hydrogen-bond acceptors (Lipinski definition) is 3. The van der Waals surface area contributed by atoms with Gasteiger partial charge in [-0.2, -0.15) is 0 Å². The maximum Gasteiger partial charge on any atom is 0.265 e. The van der Waals surface area contributed by atoms with Gasteiger partial charge < -0.3 is 0 Å². The molecule has 1 unspecified atom stereocenters. The molecule has 1 atom stereocenters. The maximum absolute atomic E-state index is 13.4. The predicted octanol–water partition coefficient (Wildman–Crippen LogP) is 4.92. The Morgan fingerprint density at radius 3 is 2.00 bits per heavy atom. The van der Waals surface area contributed by atoms with Crippen molar-refractivity contribution in [2.75, 3.05) is 4.31 Å². The van der Waals surface area contributed by atoms with Crippen molar-refractivity contribution in [2.45, 2.75) is 44.6 Å². The Balaban J connectivity index is 2.77. The molecule has 0 N–H and O–H groups in total. The highest BCUT2D eigenvalue weighted by Crippen LogP contribution is 2.34. The summed E-state index contributed by atoms with van der Waals surface area (Å²) in [6, 6.07) is 11.0. The minimum Gasteiger partial charge on any atom is -0.279 e. The van der Waals surface area contributed by atoms with Crippen molar-refractivity contribution in [1.29, 1.82) is 0 Å². The third-order valence-electron chi connectivity index (χ3n) is 4.24. The summed E-state index contributed by atoms with van der Waals surface area (Å²) in [5.41, 5.74) is 2.26. The van der Waals surface area contributed by atoms with Crippen LogP contribution in [0.5, 0.6) is 0 Å². The van der Waals surface area contributed by atoms with Crippen molar-refractivity contribution in [2.24, 2.45) is 0 Å². The Bertz CT molecular complexity index is 875. The molecule has 4 nitrogen and oxygen atoms in total. The Kier molecular flexibility index (Phi) is 6.88. The van der Waals surface area contributed by atoms with E-state index in [0.29, 0.717) is 18.5 Å². The third kappa shape index (κ3) is 4.13. The molecule has 0 aliphatic carbocycles. The fraction of sp³-hybridized carbons (Fsp3) is 0.316. The lowest BCUT2D eigenvalue weighted by atomic mass is 10.0. The van der Waals surface area contributed by atoms with Crippen molar-refractivity contribution in [3.05, 3.63) is 58.1 Å². The summed E-state index contributed by atoms with van der Waals surface area (Å²) >= 11 is 9.04. The molecule has 0 fully saturated rings. The predicted molar refractivity (Wildman–Crippen MR) is 109 cm³/mol. The van der Waals surface area contributed by atoms with Crippen molar-refractivity contribution < 1.29 is 13.2 Å². The quantitative estimate of drug-likeness (QED) is 0.553. The molecule has 0 saturated heterocycles. The summed E-state index contributed by atoms with van der Waals surface area (Å²) in [6.45, 7) is 5.42. The number of rotatable bonds is 7. The molecular weight excluding hydrogens is 438 g/mol. The van der Waals surface area contributed by atoms with E-state index in [4.69, 9.17) is 11.6 Å². The molecule has 140 valence electrons. The van der Waals surface area contributed by atoms with E-state index in [2.05, 4.69) is 15.9 Å². The summed E-state index contributed by atoms with van der Waals surface area (Å²) < 4.78 is 28.8. The van der Waals surface area contributed by atoms with E-state index >= 15 is 0 Å². The molecule has 26 heavy (non-hydrogen) atoms. The van der Waals surface area contributed by atoms with Gasteiger partial charge in [-0.3, -0.25) is 9.10 Å². The highest BCUT2D eigenvalue weighted by molar-refractivity contribution is 9.10. The number of para-hydroxylation sites is 1. The van der Waals surface area contributed by atoms with E-state index in [1.54, 1.807) is 12.1 Å². The summed E-state index contributed by atoms with van der Waals surface area (Å²) in [4.78, 5) is 12.1. The van der Waals surface area contributed by atoms with Gasteiger partial charge in [-0.15, -0.1) is 0 Å². The van der Waals surface area contributed by atoms with Gasteiger partial charge in [-0.25, -0.2) is 8.42 Å². The monoisotopic (exact) mass is 457 g/mol. The first-order valence-electron chi connectivity index (χ1n) is 8.34. The van der Waals surface area contributed by atoms with Gasteiger partial charge in [0.15, 0.2) is 0 Å². The fourth-order valence-corrected chi connectivity index (χ4v) is 4.95. The Morgan fingerprint density at radius 1 is 1.08 bits per heavy atom. The largest absolute Gasteiger partial charge is 0.279 e. The standard InChI is InChI=1S/C19H21BrClNO3S/c1-4-14-7-6-8-15(5-2)18(14)22(13(3)19(21)23)26(24,25)17-11-9-16(20)10-12-17/h6-13H,4-5H2,1-3H3. The smallest absolute Gasteiger partial charge is 0.265 e. The van der Waals surface area contributed by atoms with E-state index in [1.807, 2.05) is 32.0 Å². The lowest BCUT2D eigenvalue weighted by Crippen LogP contribution is -2.43. The highest BCUT2D eigenvalue weighted by atomic mass is 79.9. The van der Waals surface area contributed by atoms with Gasteiger partial charge in [0.25, 0.3) is 10.0 Å². The molecule has 2 aromatic carbocycles. The van der Waals surface area contributed by atoms with Crippen LogP contribution in [0.3, 0.4) is 0 Å². The second-order valence-electron chi connectivity index (χ2n) is 5.87. The van der Waals surface area contributed by atoms with Crippen LogP contribution < -0.4 is 4.31 Å². The zero-order valence-electron chi connectivity index (χ0n) is 14.9. The summed E-state index contributed by atoms with van der Waals surface area (Å²) in [5, 5.41) is -0.723. The number of carbonyl (C=O) groups excluding carboxylic acids is 1. The zero-order valence-corrected chi connectivity index (χ0v) is 18.0. The molecule has 0 aliphatic rings. The lowest BCUT2D eigenvalue weighted by Gasteiger charge is -2.32. The van der Waals surface area contributed by atoms with Crippen molar-refractivity contribution >= 4 is 48.5 Å². The molecule has 0 amide bonds. The molecule has 2 aromatic rings. The molecule has 7 heteroatoms. The number of hydrogen-bond donors (Lipinski definition) is 0. The van der Waals surface area contributed by atoms with Crippen LogP contribution in [0.2, 0.25) is 0 Å². The van der Waals surface area contributed by atoms with Crippen LogP contribution in [-0.2, 0) is 27.7 Å². The van der Waals surface area contributed by atoms with Crippen LogP contribution in [-0.4, -0.2) is 19.7 Å². The van der Waals surface area contributed by atoms with Gasteiger partial charge in [-0.1, -0.05) is 48.0 Å². The molecule has 0 aromatic heterocycles. The van der Waals surface area contributed by atoms with Gasteiger partial charge in [0, 0.05) is 4.47 Å². The fourth-order valence-electron chi connectivity index (χ4n) is 2.83. The first-order valence-corrected chi connectivity index (χ1v) is 10.9. The van der Waals surface area contributed by atoms with E-state index in [9.17, 15) is 13.2 Å². The number of benzene rings is 2. The molecule has 0 heterocycles. The average molecular weight is 459 g/mol. The number of aryl methyl sites for hydroxylation is 2. The number of nitrogens with zero attached hydrogens (tertiary/aromatic N) is 1. The molecule has 2 rings (SSSR count). The van der Waals surface area contributed by atoms with E-state index < -0.39 is 21.3 Å². The Hall–Kier alpha value is -1.37. The van der Waals surface area contributed by atoms with Crippen molar-refractivity contribution in [3.63, 3.8) is 0 Å². The highest BCUT2D eigenvalue weighted by Gasteiger charge is 2.35. The van der Waals surface area contributed by atoms with E-state index in [1.165, 1.54) is 23.4 Å². The molecule has 0 spiro atoms. The zero-order chi connectivity index (χ0) is 19.5. The topological polar surface area (TPSA) is 54.5 Å². The molecule has 0 radical (unpaired) electrons. The van der Waals surface area contributed by atoms with E-state index in [-0.39, 0.29) is 4.90 Å². The number of anilines is 1. The number of sulfonamides is 1. The van der Waals surface area contributed by atoms with Crippen LogP contribution in [0, 0.1) is 0 Å². The summed E-state index contributed by atoms with van der Waals surface area (Å²) in [6.07, 6.45) is 1.28. The maximum atomic E-state index is 13.4. The minimum atomic E-state index is -3.97. The van der Waals surface area contributed by atoms with Crippen LogP contribution in [0.25, 0.3) is 0 Å². The minimum absolute atomic E-state index is 0.110. The molecular formula is C19H21BrClNO3S.